The van der Waals surface area contributed by atoms with E-state index in [9.17, 15) is 0 Å². The first-order chi connectivity index (χ1) is 12.2. The lowest BCUT2D eigenvalue weighted by molar-refractivity contribution is 0.655. The van der Waals surface area contributed by atoms with Crippen LogP contribution < -0.4 is 5.32 Å². The van der Waals surface area contributed by atoms with Crippen LogP contribution in [0.15, 0.2) is 55.1 Å². The van der Waals surface area contributed by atoms with Crippen LogP contribution in [0.1, 0.15) is 42.3 Å². The van der Waals surface area contributed by atoms with E-state index >= 15 is 0 Å². The van der Waals surface area contributed by atoms with Gasteiger partial charge in [0.1, 0.15) is 0 Å². The molecular weight excluding hydrogens is 310 g/mol. The summed E-state index contributed by atoms with van der Waals surface area (Å²) < 4.78 is 2.05. The molecule has 0 fully saturated rings. The minimum absolute atomic E-state index is 0.411. The standard InChI is InChI=1S/C20H25N5/c1-16(2)20-18(12-21-9-8-19-13-22-10-11-23-19)15-25(24-20)14-17-6-4-3-5-7-17/h3-7,10-11,13,15-16,21H,8-9,12,14H2,1-2H3. The monoisotopic (exact) mass is 335 g/mol. The molecule has 5 nitrogen and oxygen atoms in total. The van der Waals surface area contributed by atoms with Gasteiger partial charge >= 0.3 is 0 Å². The molecule has 1 N–H and O–H groups in total. The quantitative estimate of drug-likeness (QED) is 0.642. The largest absolute Gasteiger partial charge is 0.312 e. The van der Waals surface area contributed by atoms with Crippen LogP contribution in [0.4, 0.5) is 0 Å². The number of rotatable bonds is 8. The smallest absolute Gasteiger partial charge is 0.0695 e. The second kappa shape index (κ2) is 8.53. The Labute approximate surface area is 149 Å². The zero-order valence-corrected chi connectivity index (χ0v) is 14.9. The lowest BCUT2D eigenvalue weighted by Crippen LogP contribution is -2.18. The Bertz CT molecular complexity index is 765. The number of hydrogen-bond donors (Lipinski definition) is 1. The first kappa shape index (κ1) is 17.3. The van der Waals surface area contributed by atoms with Crippen molar-refractivity contribution in [3.8, 4) is 0 Å². The zero-order valence-electron chi connectivity index (χ0n) is 14.9. The molecule has 2 aromatic heterocycles. The summed E-state index contributed by atoms with van der Waals surface area (Å²) in [5, 5.41) is 8.30. The summed E-state index contributed by atoms with van der Waals surface area (Å²) in [7, 11) is 0. The Morgan fingerprint density at radius 2 is 1.96 bits per heavy atom. The number of aromatic nitrogens is 4. The van der Waals surface area contributed by atoms with E-state index in [4.69, 9.17) is 5.10 Å². The summed E-state index contributed by atoms with van der Waals surface area (Å²) in [6, 6.07) is 10.4. The highest BCUT2D eigenvalue weighted by Crippen LogP contribution is 2.18. The van der Waals surface area contributed by atoms with Crippen molar-refractivity contribution in [2.45, 2.75) is 39.3 Å². The molecule has 0 aliphatic carbocycles. The Morgan fingerprint density at radius 1 is 1.12 bits per heavy atom. The summed E-state index contributed by atoms with van der Waals surface area (Å²) in [5.74, 6) is 0.411. The van der Waals surface area contributed by atoms with Gasteiger partial charge in [-0.2, -0.15) is 5.10 Å². The van der Waals surface area contributed by atoms with E-state index < -0.39 is 0 Å². The normalized spacial score (nSPS) is 11.2. The zero-order chi connectivity index (χ0) is 17.5. The molecule has 25 heavy (non-hydrogen) atoms. The Hall–Kier alpha value is -2.53. The fourth-order valence-corrected chi connectivity index (χ4v) is 2.85. The molecule has 1 aromatic carbocycles. The van der Waals surface area contributed by atoms with E-state index in [1.54, 1.807) is 12.4 Å². The molecule has 3 rings (SSSR count). The fourth-order valence-electron chi connectivity index (χ4n) is 2.85. The Balaban J connectivity index is 1.59. The summed E-state index contributed by atoms with van der Waals surface area (Å²) in [6.45, 7) is 6.89. The molecule has 2 heterocycles. The van der Waals surface area contributed by atoms with E-state index in [0.29, 0.717) is 5.92 Å². The Morgan fingerprint density at radius 3 is 2.68 bits per heavy atom. The molecule has 0 spiro atoms. The van der Waals surface area contributed by atoms with Crippen molar-refractivity contribution in [2.24, 2.45) is 0 Å². The van der Waals surface area contributed by atoms with Gasteiger partial charge in [0.25, 0.3) is 0 Å². The maximum Gasteiger partial charge on any atom is 0.0695 e. The van der Waals surface area contributed by atoms with E-state index in [1.807, 2.05) is 16.9 Å². The maximum absolute atomic E-state index is 4.80. The van der Waals surface area contributed by atoms with Crippen molar-refractivity contribution in [3.05, 3.63) is 77.6 Å². The molecule has 0 saturated heterocycles. The van der Waals surface area contributed by atoms with Crippen molar-refractivity contribution in [1.29, 1.82) is 0 Å². The van der Waals surface area contributed by atoms with Crippen LogP contribution in [0, 0.1) is 0 Å². The Kier molecular flexibility index (Phi) is 5.90. The second-order valence-corrected chi connectivity index (χ2v) is 6.50. The van der Waals surface area contributed by atoms with Crippen LogP contribution >= 0.6 is 0 Å². The molecular formula is C20H25N5. The van der Waals surface area contributed by atoms with Crippen LogP contribution in [0.2, 0.25) is 0 Å². The molecule has 0 atom stereocenters. The highest BCUT2D eigenvalue weighted by atomic mass is 15.3. The molecule has 0 bridgehead atoms. The van der Waals surface area contributed by atoms with E-state index in [-0.39, 0.29) is 0 Å². The van der Waals surface area contributed by atoms with E-state index in [2.05, 4.69) is 59.6 Å². The van der Waals surface area contributed by atoms with Crippen molar-refractivity contribution in [3.63, 3.8) is 0 Å². The first-order valence-corrected chi connectivity index (χ1v) is 8.78. The minimum Gasteiger partial charge on any atom is -0.312 e. The van der Waals surface area contributed by atoms with Crippen molar-refractivity contribution >= 4 is 0 Å². The van der Waals surface area contributed by atoms with Gasteiger partial charge in [-0.3, -0.25) is 14.6 Å². The topological polar surface area (TPSA) is 55.6 Å². The minimum atomic E-state index is 0.411. The van der Waals surface area contributed by atoms with Gasteiger partial charge in [-0.1, -0.05) is 44.2 Å². The van der Waals surface area contributed by atoms with Crippen molar-refractivity contribution in [2.75, 3.05) is 6.54 Å². The van der Waals surface area contributed by atoms with Crippen LogP contribution in [-0.4, -0.2) is 26.3 Å². The molecule has 5 heteroatoms. The first-order valence-electron chi connectivity index (χ1n) is 8.78. The number of hydrogen-bond acceptors (Lipinski definition) is 4. The summed E-state index contributed by atoms with van der Waals surface area (Å²) in [6.07, 6.45) is 8.30. The third kappa shape index (κ3) is 4.97. The van der Waals surface area contributed by atoms with Gasteiger partial charge < -0.3 is 5.32 Å². The summed E-state index contributed by atoms with van der Waals surface area (Å²) >= 11 is 0. The predicted molar refractivity (Wildman–Crippen MR) is 99.3 cm³/mol. The lowest BCUT2D eigenvalue weighted by Gasteiger charge is -2.06. The summed E-state index contributed by atoms with van der Waals surface area (Å²) in [5.41, 5.74) is 4.72. The van der Waals surface area contributed by atoms with Gasteiger partial charge in [-0.25, -0.2) is 0 Å². The lowest BCUT2D eigenvalue weighted by atomic mass is 10.1. The van der Waals surface area contributed by atoms with Gasteiger partial charge in [-0.05, 0) is 11.5 Å². The second-order valence-electron chi connectivity index (χ2n) is 6.50. The highest BCUT2D eigenvalue weighted by molar-refractivity contribution is 5.22. The average molecular weight is 335 g/mol. The third-order valence-corrected chi connectivity index (χ3v) is 4.09. The van der Waals surface area contributed by atoms with Crippen LogP contribution in [0.5, 0.6) is 0 Å². The molecule has 3 aromatic rings. The number of benzene rings is 1. The molecule has 0 aliphatic rings. The van der Waals surface area contributed by atoms with E-state index in [1.165, 1.54) is 16.8 Å². The average Bonchev–Trinajstić information content (AvgIpc) is 3.03. The molecule has 0 aliphatic heterocycles. The molecule has 0 amide bonds. The van der Waals surface area contributed by atoms with Gasteiger partial charge in [0.05, 0.1) is 17.9 Å². The van der Waals surface area contributed by atoms with Gasteiger partial charge in [0.2, 0.25) is 0 Å². The molecule has 0 radical (unpaired) electrons. The summed E-state index contributed by atoms with van der Waals surface area (Å²) in [4.78, 5) is 8.40. The van der Waals surface area contributed by atoms with Gasteiger partial charge in [0, 0.05) is 49.9 Å². The number of nitrogens with zero attached hydrogens (tertiary/aromatic N) is 4. The third-order valence-electron chi connectivity index (χ3n) is 4.09. The molecule has 0 unspecified atom stereocenters. The SMILES string of the molecule is CC(C)c1nn(Cc2ccccc2)cc1CNCCc1cnccn1. The highest BCUT2D eigenvalue weighted by Gasteiger charge is 2.12. The van der Waals surface area contributed by atoms with Crippen molar-refractivity contribution in [1.82, 2.24) is 25.1 Å². The molecule has 0 saturated carbocycles. The molecule has 130 valence electrons. The maximum atomic E-state index is 4.80. The van der Waals surface area contributed by atoms with Crippen molar-refractivity contribution < 1.29 is 0 Å². The van der Waals surface area contributed by atoms with Crippen LogP contribution in [0.3, 0.4) is 0 Å². The van der Waals surface area contributed by atoms with Crippen LogP contribution in [0.25, 0.3) is 0 Å². The van der Waals surface area contributed by atoms with E-state index in [0.717, 1.165) is 31.7 Å². The predicted octanol–water partition coefficient (Wildman–Crippen LogP) is 3.18. The fraction of sp³-hybridized carbons (Fsp3) is 0.350. The number of nitrogens with one attached hydrogen (secondary N) is 1. The van der Waals surface area contributed by atoms with Crippen LogP contribution in [-0.2, 0) is 19.5 Å². The van der Waals surface area contributed by atoms with Gasteiger partial charge in [0.15, 0.2) is 0 Å². The van der Waals surface area contributed by atoms with Gasteiger partial charge in [-0.15, -0.1) is 0 Å².